The predicted octanol–water partition coefficient (Wildman–Crippen LogP) is 6.41. The quantitative estimate of drug-likeness (QED) is 0.405. The van der Waals surface area contributed by atoms with E-state index < -0.39 is 0 Å². The number of ether oxygens (including phenoxy) is 1. The summed E-state index contributed by atoms with van der Waals surface area (Å²) in [7, 11) is 0. The molecule has 2 aromatic rings. The molecule has 0 aromatic heterocycles. The molecule has 0 saturated carbocycles. The standard InChI is InChI=1S/C25H30O3/c1-18(2)9-8-10-19(3)13-14-23-24(16-15-22(20(4)26)25(23)27)28-17-21-11-6-5-7-12-21/h5-7,9,11-13,15-16,27H,8,10,14,17H2,1-4H3/b19-13+. The average Bonchev–Trinajstić information content (AvgIpc) is 2.65. The summed E-state index contributed by atoms with van der Waals surface area (Å²) in [6.07, 6.45) is 6.82. The molecule has 2 aromatic carbocycles. The monoisotopic (exact) mass is 378 g/mol. The van der Waals surface area contributed by atoms with Crippen LogP contribution in [0.1, 0.15) is 62.0 Å². The Balaban J connectivity index is 2.21. The second-order valence-corrected chi connectivity index (χ2v) is 7.34. The first-order valence-corrected chi connectivity index (χ1v) is 9.70. The number of benzene rings is 2. The minimum atomic E-state index is -0.155. The summed E-state index contributed by atoms with van der Waals surface area (Å²) in [5, 5.41) is 10.7. The highest BCUT2D eigenvalue weighted by Crippen LogP contribution is 2.33. The third-order valence-electron chi connectivity index (χ3n) is 4.60. The summed E-state index contributed by atoms with van der Waals surface area (Å²) < 4.78 is 5.97. The lowest BCUT2D eigenvalue weighted by Crippen LogP contribution is -2.02. The number of hydrogen-bond donors (Lipinski definition) is 1. The number of aromatic hydroxyl groups is 1. The van der Waals surface area contributed by atoms with Gasteiger partial charge in [0.2, 0.25) is 0 Å². The van der Waals surface area contributed by atoms with E-state index in [9.17, 15) is 9.90 Å². The zero-order chi connectivity index (χ0) is 20.5. The van der Waals surface area contributed by atoms with Gasteiger partial charge < -0.3 is 9.84 Å². The van der Waals surface area contributed by atoms with E-state index in [1.807, 2.05) is 30.3 Å². The zero-order valence-electron chi connectivity index (χ0n) is 17.3. The van der Waals surface area contributed by atoms with Crippen LogP contribution in [0.3, 0.4) is 0 Å². The summed E-state index contributed by atoms with van der Waals surface area (Å²) in [4.78, 5) is 11.8. The van der Waals surface area contributed by atoms with Crippen LogP contribution in [0.4, 0.5) is 0 Å². The molecule has 148 valence electrons. The lowest BCUT2D eigenvalue weighted by molar-refractivity contribution is 0.101. The molecule has 0 aliphatic heterocycles. The summed E-state index contributed by atoms with van der Waals surface area (Å²) in [5.74, 6) is 0.476. The van der Waals surface area contributed by atoms with Crippen molar-refractivity contribution in [1.29, 1.82) is 0 Å². The molecule has 28 heavy (non-hydrogen) atoms. The lowest BCUT2D eigenvalue weighted by Gasteiger charge is -2.14. The molecule has 0 heterocycles. The molecular weight excluding hydrogens is 348 g/mol. The van der Waals surface area contributed by atoms with Gasteiger partial charge in [-0.25, -0.2) is 0 Å². The van der Waals surface area contributed by atoms with E-state index >= 15 is 0 Å². The fourth-order valence-electron chi connectivity index (χ4n) is 2.94. The molecule has 0 amide bonds. The summed E-state index contributed by atoms with van der Waals surface area (Å²) >= 11 is 0. The van der Waals surface area contributed by atoms with Crippen molar-refractivity contribution >= 4 is 5.78 Å². The summed E-state index contributed by atoms with van der Waals surface area (Å²) in [6.45, 7) is 8.16. The number of carbonyl (C=O) groups excluding carboxylic acids is 1. The third-order valence-corrected chi connectivity index (χ3v) is 4.60. The number of carbonyl (C=O) groups is 1. The van der Waals surface area contributed by atoms with Crippen LogP contribution in [0, 0.1) is 0 Å². The average molecular weight is 379 g/mol. The van der Waals surface area contributed by atoms with Gasteiger partial charge in [0.05, 0.1) is 5.56 Å². The zero-order valence-corrected chi connectivity index (χ0v) is 17.3. The van der Waals surface area contributed by atoms with E-state index in [-0.39, 0.29) is 11.5 Å². The molecule has 3 heteroatoms. The van der Waals surface area contributed by atoms with Crippen molar-refractivity contribution in [3.8, 4) is 11.5 Å². The Morgan fingerprint density at radius 1 is 1.00 bits per heavy atom. The van der Waals surface area contributed by atoms with Gasteiger partial charge in [-0.15, -0.1) is 0 Å². The highest BCUT2D eigenvalue weighted by molar-refractivity contribution is 5.97. The first-order chi connectivity index (χ1) is 13.4. The molecule has 0 aliphatic carbocycles. The highest BCUT2D eigenvalue weighted by atomic mass is 16.5. The van der Waals surface area contributed by atoms with Crippen LogP contribution < -0.4 is 4.74 Å². The molecule has 0 radical (unpaired) electrons. The maximum absolute atomic E-state index is 11.8. The van der Waals surface area contributed by atoms with Gasteiger partial charge in [-0.05, 0) is 64.7 Å². The minimum Gasteiger partial charge on any atom is -0.507 e. The second kappa shape index (κ2) is 10.5. The number of phenolic OH excluding ortho intramolecular Hbond substituents is 1. The number of Topliss-reactive ketones (excluding diaryl/α,β-unsaturated/α-hetero) is 1. The van der Waals surface area contributed by atoms with Crippen LogP contribution in [0.25, 0.3) is 0 Å². The van der Waals surface area contributed by atoms with Gasteiger partial charge in [0.25, 0.3) is 0 Å². The molecular formula is C25H30O3. The van der Waals surface area contributed by atoms with Crippen molar-refractivity contribution in [2.24, 2.45) is 0 Å². The minimum absolute atomic E-state index is 0.0198. The van der Waals surface area contributed by atoms with Crippen LogP contribution in [-0.4, -0.2) is 10.9 Å². The number of ketones is 1. The number of hydrogen-bond acceptors (Lipinski definition) is 3. The van der Waals surface area contributed by atoms with Crippen LogP contribution in [-0.2, 0) is 13.0 Å². The van der Waals surface area contributed by atoms with Gasteiger partial charge in [0.15, 0.2) is 5.78 Å². The van der Waals surface area contributed by atoms with Crippen LogP contribution >= 0.6 is 0 Å². The van der Waals surface area contributed by atoms with Gasteiger partial charge in [0, 0.05) is 5.56 Å². The first-order valence-electron chi connectivity index (χ1n) is 9.70. The topological polar surface area (TPSA) is 46.5 Å². The molecule has 0 unspecified atom stereocenters. The van der Waals surface area contributed by atoms with Gasteiger partial charge >= 0.3 is 0 Å². The van der Waals surface area contributed by atoms with Crippen molar-refractivity contribution in [2.75, 3.05) is 0 Å². The largest absolute Gasteiger partial charge is 0.507 e. The van der Waals surface area contributed by atoms with Crippen molar-refractivity contribution in [3.63, 3.8) is 0 Å². The van der Waals surface area contributed by atoms with E-state index in [0.717, 1.165) is 18.4 Å². The van der Waals surface area contributed by atoms with E-state index in [4.69, 9.17) is 4.74 Å². The second-order valence-electron chi connectivity index (χ2n) is 7.34. The van der Waals surface area contributed by atoms with Gasteiger partial charge in [-0.1, -0.05) is 53.6 Å². The van der Waals surface area contributed by atoms with Crippen molar-refractivity contribution < 1.29 is 14.6 Å². The van der Waals surface area contributed by atoms with Crippen molar-refractivity contribution in [1.82, 2.24) is 0 Å². The van der Waals surface area contributed by atoms with E-state index in [0.29, 0.717) is 29.9 Å². The molecule has 0 atom stereocenters. The first kappa shape index (κ1) is 21.5. The summed E-state index contributed by atoms with van der Waals surface area (Å²) in [5.41, 5.74) is 4.61. The van der Waals surface area contributed by atoms with E-state index in [1.54, 1.807) is 12.1 Å². The molecule has 2 rings (SSSR count). The van der Waals surface area contributed by atoms with Crippen molar-refractivity contribution in [2.45, 2.75) is 53.6 Å². The van der Waals surface area contributed by atoms with Crippen molar-refractivity contribution in [3.05, 3.63) is 82.5 Å². The maximum atomic E-state index is 11.8. The molecule has 0 saturated heterocycles. The Labute approximate surface area is 168 Å². The van der Waals surface area contributed by atoms with E-state index in [1.165, 1.54) is 18.1 Å². The molecule has 0 spiro atoms. The fraction of sp³-hybridized carbons (Fsp3) is 0.320. The molecule has 0 fully saturated rings. The number of allylic oxidation sites excluding steroid dienone is 4. The van der Waals surface area contributed by atoms with Gasteiger partial charge in [-0.3, -0.25) is 4.79 Å². The van der Waals surface area contributed by atoms with E-state index in [2.05, 4.69) is 32.9 Å². The molecule has 0 bridgehead atoms. The predicted molar refractivity (Wildman–Crippen MR) is 115 cm³/mol. The Kier molecular flexibility index (Phi) is 8.06. The molecule has 0 aliphatic rings. The lowest BCUT2D eigenvalue weighted by atomic mass is 10.0. The smallest absolute Gasteiger partial charge is 0.163 e. The SMILES string of the molecule is CC(=O)c1ccc(OCc2ccccc2)c(C/C=C(\C)CCC=C(C)C)c1O. The van der Waals surface area contributed by atoms with Crippen LogP contribution in [0.5, 0.6) is 11.5 Å². The van der Waals surface area contributed by atoms with Crippen LogP contribution in [0.15, 0.2) is 65.8 Å². The third kappa shape index (κ3) is 6.41. The highest BCUT2D eigenvalue weighted by Gasteiger charge is 2.16. The van der Waals surface area contributed by atoms with Gasteiger partial charge in [0.1, 0.15) is 18.1 Å². The number of rotatable bonds is 9. The Morgan fingerprint density at radius 2 is 1.71 bits per heavy atom. The van der Waals surface area contributed by atoms with Gasteiger partial charge in [-0.2, -0.15) is 0 Å². The normalized spacial score (nSPS) is 11.2. The Hall–Kier alpha value is -2.81. The van der Waals surface area contributed by atoms with Crippen LogP contribution in [0.2, 0.25) is 0 Å². The Morgan fingerprint density at radius 3 is 2.36 bits per heavy atom. The number of phenols is 1. The fourth-order valence-corrected chi connectivity index (χ4v) is 2.94. The Bertz CT molecular complexity index is 857. The molecule has 3 nitrogen and oxygen atoms in total. The molecule has 1 N–H and O–H groups in total. The maximum Gasteiger partial charge on any atom is 0.163 e. The summed E-state index contributed by atoms with van der Waals surface area (Å²) in [6, 6.07) is 13.3.